The minimum atomic E-state index is -0.263. The quantitative estimate of drug-likeness (QED) is 0.392. The fourth-order valence-electron chi connectivity index (χ4n) is 3.59. The summed E-state index contributed by atoms with van der Waals surface area (Å²) in [7, 11) is 0. The standard InChI is InChI=1S/C20H40O2/c1-5-12-18(7-3)16-21-20(14-10-9-11-15-20)22-17-19(8-4)13-6-2/h18-19H,5-17H2,1-4H3. The molecule has 22 heavy (non-hydrogen) atoms. The molecule has 1 saturated carbocycles. The van der Waals surface area contributed by atoms with Gasteiger partial charge in [0.1, 0.15) is 0 Å². The third kappa shape index (κ3) is 7.00. The van der Waals surface area contributed by atoms with Crippen LogP contribution in [0, 0.1) is 11.8 Å². The predicted octanol–water partition coefficient (Wildman–Crippen LogP) is 6.33. The minimum absolute atomic E-state index is 0.263. The van der Waals surface area contributed by atoms with Gasteiger partial charge in [0.2, 0.25) is 0 Å². The van der Waals surface area contributed by atoms with Crippen molar-refractivity contribution in [1.29, 1.82) is 0 Å². The normalized spacial score (nSPS) is 20.7. The Kier molecular flexibility index (Phi) is 10.4. The van der Waals surface area contributed by atoms with Crippen LogP contribution < -0.4 is 0 Å². The first-order valence-corrected chi connectivity index (χ1v) is 9.97. The van der Waals surface area contributed by atoms with Gasteiger partial charge in [-0.25, -0.2) is 0 Å². The van der Waals surface area contributed by atoms with Crippen LogP contribution in [0.5, 0.6) is 0 Å². The summed E-state index contributed by atoms with van der Waals surface area (Å²) in [6, 6.07) is 0. The molecule has 0 radical (unpaired) electrons. The molecule has 0 bridgehead atoms. The Labute approximate surface area is 139 Å². The zero-order chi connectivity index (χ0) is 16.3. The molecule has 1 aliphatic rings. The molecule has 0 aromatic heterocycles. The van der Waals surface area contributed by atoms with Crippen LogP contribution in [0.3, 0.4) is 0 Å². The van der Waals surface area contributed by atoms with E-state index in [9.17, 15) is 0 Å². The Bertz CT molecular complexity index is 238. The SMILES string of the molecule is CCCC(CC)COC1(OCC(CC)CCC)CCCCC1. The first-order chi connectivity index (χ1) is 10.7. The summed E-state index contributed by atoms with van der Waals surface area (Å²) in [6.07, 6.45) is 13.6. The highest BCUT2D eigenvalue weighted by atomic mass is 16.7. The van der Waals surface area contributed by atoms with Crippen LogP contribution in [-0.2, 0) is 9.47 Å². The van der Waals surface area contributed by atoms with Gasteiger partial charge >= 0.3 is 0 Å². The average Bonchev–Trinajstić information content (AvgIpc) is 2.56. The lowest BCUT2D eigenvalue weighted by Gasteiger charge is -2.39. The van der Waals surface area contributed by atoms with Crippen LogP contribution in [0.4, 0.5) is 0 Å². The van der Waals surface area contributed by atoms with Crippen molar-refractivity contribution in [3.8, 4) is 0 Å². The zero-order valence-electron chi connectivity index (χ0n) is 15.7. The second-order valence-corrected chi connectivity index (χ2v) is 7.22. The van der Waals surface area contributed by atoms with E-state index in [0.717, 1.165) is 26.1 Å². The summed E-state index contributed by atoms with van der Waals surface area (Å²) in [5.74, 6) is 1.13. The van der Waals surface area contributed by atoms with Gasteiger partial charge in [-0.15, -0.1) is 0 Å². The van der Waals surface area contributed by atoms with Crippen LogP contribution in [0.2, 0.25) is 0 Å². The summed E-state index contributed by atoms with van der Waals surface area (Å²) < 4.78 is 12.9. The Morgan fingerprint density at radius 2 is 1.18 bits per heavy atom. The Balaban J connectivity index is 2.53. The highest BCUT2D eigenvalue weighted by Gasteiger charge is 2.35. The molecular formula is C20H40O2. The molecule has 0 saturated heterocycles. The van der Waals surface area contributed by atoms with Crippen molar-refractivity contribution >= 4 is 0 Å². The second kappa shape index (κ2) is 11.5. The van der Waals surface area contributed by atoms with Gasteiger partial charge in [0.15, 0.2) is 5.79 Å². The number of hydrogen-bond acceptors (Lipinski definition) is 2. The Morgan fingerprint density at radius 1 is 0.727 bits per heavy atom. The third-order valence-corrected chi connectivity index (χ3v) is 5.33. The summed E-state index contributed by atoms with van der Waals surface area (Å²) in [5.41, 5.74) is 0. The van der Waals surface area contributed by atoms with E-state index < -0.39 is 0 Å². The van der Waals surface area contributed by atoms with E-state index in [1.54, 1.807) is 0 Å². The van der Waals surface area contributed by atoms with E-state index in [-0.39, 0.29) is 5.79 Å². The van der Waals surface area contributed by atoms with Crippen LogP contribution in [0.25, 0.3) is 0 Å². The van der Waals surface area contributed by atoms with Crippen LogP contribution in [0.15, 0.2) is 0 Å². The molecule has 2 unspecified atom stereocenters. The summed E-state index contributed by atoms with van der Waals surface area (Å²) in [5, 5.41) is 0. The molecule has 2 atom stereocenters. The lowest BCUT2D eigenvalue weighted by atomic mass is 9.93. The van der Waals surface area contributed by atoms with E-state index in [1.165, 1.54) is 57.8 Å². The fraction of sp³-hybridized carbons (Fsp3) is 1.00. The molecule has 0 amide bonds. The molecule has 0 spiro atoms. The molecule has 132 valence electrons. The first kappa shape index (κ1) is 20.0. The van der Waals surface area contributed by atoms with Gasteiger partial charge in [-0.2, -0.15) is 0 Å². The monoisotopic (exact) mass is 312 g/mol. The van der Waals surface area contributed by atoms with Gasteiger partial charge in [-0.1, -0.05) is 59.8 Å². The van der Waals surface area contributed by atoms with Gasteiger partial charge in [-0.05, 0) is 37.5 Å². The zero-order valence-corrected chi connectivity index (χ0v) is 15.7. The third-order valence-electron chi connectivity index (χ3n) is 5.33. The largest absolute Gasteiger partial charge is 0.350 e. The van der Waals surface area contributed by atoms with Crippen molar-refractivity contribution in [3.63, 3.8) is 0 Å². The van der Waals surface area contributed by atoms with Crippen molar-refractivity contribution in [2.24, 2.45) is 11.8 Å². The molecule has 0 heterocycles. The van der Waals surface area contributed by atoms with E-state index in [2.05, 4.69) is 27.7 Å². The van der Waals surface area contributed by atoms with Crippen molar-refractivity contribution in [2.75, 3.05) is 13.2 Å². The molecule has 0 N–H and O–H groups in total. The molecule has 1 rings (SSSR count). The van der Waals surface area contributed by atoms with E-state index in [4.69, 9.17) is 9.47 Å². The Hall–Kier alpha value is -0.0800. The molecule has 0 aromatic rings. The minimum Gasteiger partial charge on any atom is -0.350 e. The van der Waals surface area contributed by atoms with Crippen LogP contribution >= 0.6 is 0 Å². The number of hydrogen-bond donors (Lipinski definition) is 0. The van der Waals surface area contributed by atoms with Gasteiger partial charge in [0.25, 0.3) is 0 Å². The van der Waals surface area contributed by atoms with Gasteiger partial charge in [0.05, 0.1) is 13.2 Å². The van der Waals surface area contributed by atoms with E-state index >= 15 is 0 Å². The molecular weight excluding hydrogens is 272 g/mol. The topological polar surface area (TPSA) is 18.5 Å². The number of ether oxygens (including phenoxy) is 2. The van der Waals surface area contributed by atoms with Crippen molar-refractivity contribution in [3.05, 3.63) is 0 Å². The molecule has 1 fully saturated rings. The maximum atomic E-state index is 6.43. The van der Waals surface area contributed by atoms with Gasteiger partial charge in [-0.3, -0.25) is 0 Å². The second-order valence-electron chi connectivity index (χ2n) is 7.22. The van der Waals surface area contributed by atoms with Crippen molar-refractivity contribution < 1.29 is 9.47 Å². The molecule has 1 aliphatic carbocycles. The molecule has 2 heteroatoms. The van der Waals surface area contributed by atoms with Crippen molar-refractivity contribution in [2.45, 2.75) is 104 Å². The molecule has 0 aliphatic heterocycles. The van der Waals surface area contributed by atoms with E-state index in [1.807, 2.05) is 0 Å². The fourth-order valence-corrected chi connectivity index (χ4v) is 3.59. The van der Waals surface area contributed by atoms with Crippen LogP contribution in [0.1, 0.15) is 98.3 Å². The maximum Gasteiger partial charge on any atom is 0.168 e. The van der Waals surface area contributed by atoms with E-state index in [0.29, 0.717) is 11.8 Å². The molecule has 0 aromatic carbocycles. The molecule has 2 nitrogen and oxygen atoms in total. The number of rotatable bonds is 12. The van der Waals surface area contributed by atoms with Crippen molar-refractivity contribution in [1.82, 2.24) is 0 Å². The lowest BCUT2D eigenvalue weighted by molar-refractivity contribution is -0.262. The summed E-state index contributed by atoms with van der Waals surface area (Å²) in [6.45, 7) is 10.9. The first-order valence-electron chi connectivity index (χ1n) is 9.97. The highest BCUT2D eigenvalue weighted by Crippen LogP contribution is 2.34. The smallest absolute Gasteiger partial charge is 0.168 e. The highest BCUT2D eigenvalue weighted by molar-refractivity contribution is 4.77. The summed E-state index contributed by atoms with van der Waals surface area (Å²) >= 11 is 0. The predicted molar refractivity (Wildman–Crippen MR) is 95.1 cm³/mol. The van der Waals surface area contributed by atoms with Gasteiger partial charge in [0, 0.05) is 12.8 Å². The van der Waals surface area contributed by atoms with Crippen LogP contribution in [-0.4, -0.2) is 19.0 Å². The summed E-state index contributed by atoms with van der Waals surface area (Å²) in [4.78, 5) is 0. The Morgan fingerprint density at radius 3 is 1.55 bits per heavy atom. The maximum absolute atomic E-state index is 6.43. The van der Waals surface area contributed by atoms with Gasteiger partial charge < -0.3 is 9.47 Å². The lowest BCUT2D eigenvalue weighted by Crippen LogP contribution is -2.40. The average molecular weight is 313 g/mol.